The van der Waals surface area contributed by atoms with Crippen molar-refractivity contribution in [3.63, 3.8) is 0 Å². The monoisotopic (exact) mass is 418 g/mol. The van der Waals surface area contributed by atoms with E-state index in [2.05, 4.69) is 13.3 Å². The zero-order valence-electron chi connectivity index (χ0n) is 13.9. The molecule has 1 aromatic carbocycles. The molecule has 27 heavy (non-hydrogen) atoms. The number of hydrogen-bond donors (Lipinski definition) is 0. The van der Waals surface area contributed by atoms with Gasteiger partial charge in [-0.1, -0.05) is 0 Å². The van der Waals surface area contributed by atoms with Crippen LogP contribution >= 0.6 is 0 Å². The molecule has 0 saturated carbocycles. The first-order valence-electron chi connectivity index (χ1n) is 6.95. The molecule has 0 heterocycles. The number of benzene rings is 1. The highest BCUT2D eigenvalue weighted by molar-refractivity contribution is 6.79. The van der Waals surface area contributed by atoms with Crippen molar-refractivity contribution in [3.8, 4) is 0 Å². The van der Waals surface area contributed by atoms with Crippen molar-refractivity contribution in [1.82, 2.24) is 0 Å². The molecule has 0 atom stereocenters. The Morgan fingerprint density at radius 3 is 1.22 bits per heavy atom. The maximum absolute atomic E-state index is 13.0. The van der Waals surface area contributed by atoms with Crippen LogP contribution in [0.15, 0.2) is 18.2 Å². The maximum atomic E-state index is 13.0. The van der Waals surface area contributed by atoms with E-state index in [1.165, 1.54) is 0 Å². The van der Waals surface area contributed by atoms with Crippen LogP contribution in [0.2, 0.25) is 0 Å². The highest BCUT2D eigenvalue weighted by atomic mass is 28.4. The fraction of sp³-hybridized carbons (Fsp3) is 0.357. The highest BCUT2D eigenvalue weighted by Crippen LogP contribution is 2.35. The quantitative estimate of drug-likeness (QED) is 0.553. The van der Waals surface area contributed by atoms with Crippen LogP contribution in [0, 0.1) is 0 Å². The lowest BCUT2D eigenvalue weighted by Crippen LogP contribution is -2.59. The van der Waals surface area contributed by atoms with Crippen LogP contribution in [0.5, 0.6) is 0 Å². The van der Waals surface area contributed by atoms with E-state index in [9.17, 15) is 40.7 Å². The molecule has 1 aromatic rings. The van der Waals surface area contributed by atoms with E-state index in [1.807, 2.05) is 0 Å². The summed E-state index contributed by atoms with van der Waals surface area (Å²) < 4.78 is 92.2. The Balaban J connectivity index is 3.84. The zero-order valence-corrected chi connectivity index (χ0v) is 14.9. The molecule has 13 heteroatoms. The number of carbonyl (C=O) groups excluding carboxylic acids is 3. The molecule has 150 valence electrons. The van der Waals surface area contributed by atoms with E-state index in [0.717, 1.165) is 20.8 Å². The van der Waals surface area contributed by atoms with Gasteiger partial charge in [0.15, 0.2) is 0 Å². The van der Waals surface area contributed by atoms with Crippen LogP contribution < -0.4 is 5.19 Å². The first-order valence-corrected chi connectivity index (χ1v) is 8.68. The topological polar surface area (TPSA) is 78.9 Å². The molecule has 0 N–H and O–H groups in total. The number of halogens is 6. The van der Waals surface area contributed by atoms with Crippen molar-refractivity contribution < 1.29 is 54.0 Å². The molecule has 0 bridgehead atoms. The van der Waals surface area contributed by atoms with Crippen molar-refractivity contribution in [2.45, 2.75) is 33.1 Å². The predicted octanol–water partition coefficient (Wildman–Crippen LogP) is 2.56. The van der Waals surface area contributed by atoms with Crippen molar-refractivity contribution in [2.24, 2.45) is 0 Å². The molecule has 0 spiro atoms. The van der Waals surface area contributed by atoms with Crippen molar-refractivity contribution in [2.75, 3.05) is 0 Å². The Bertz CT molecular complexity index is 684. The van der Waals surface area contributed by atoms with Crippen LogP contribution in [-0.2, 0) is 40.0 Å². The van der Waals surface area contributed by atoms with Gasteiger partial charge in [-0.3, -0.25) is 14.4 Å². The lowest BCUT2D eigenvalue weighted by atomic mass is 10.1. The van der Waals surface area contributed by atoms with Gasteiger partial charge in [-0.05, 0) is 18.2 Å². The van der Waals surface area contributed by atoms with Gasteiger partial charge in [0, 0.05) is 20.8 Å². The fourth-order valence-electron chi connectivity index (χ4n) is 1.94. The maximum Gasteiger partial charge on any atom is 0.742 e. The summed E-state index contributed by atoms with van der Waals surface area (Å²) in [6.45, 7) is 2.23. The molecule has 0 aliphatic rings. The molecule has 0 unspecified atom stereocenters. The molecule has 0 aliphatic heterocycles. The second-order valence-electron chi connectivity index (χ2n) is 5.13. The summed E-state index contributed by atoms with van der Waals surface area (Å²) in [6.07, 6.45) is -10.4. The number of carbonyl (C=O) groups is 3. The third kappa shape index (κ3) is 5.98. The second-order valence-corrected chi connectivity index (χ2v) is 7.43. The van der Waals surface area contributed by atoms with Gasteiger partial charge in [0.1, 0.15) is 0 Å². The van der Waals surface area contributed by atoms with E-state index in [4.69, 9.17) is 0 Å². The van der Waals surface area contributed by atoms with Gasteiger partial charge in [-0.15, -0.1) is 0 Å². The van der Waals surface area contributed by atoms with Crippen molar-refractivity contribution in [3.05, 3.63) is 29.3 Å². The number of alkyl halides is 6. The Hall–Kier alpha value is -2.57. The molecule has 1 rings (SSSR count). The number of hydrogen-bond acceptors (Lipinski definition) is 6. The van der Waals surface area contributed by atoms with Gasteiger partial charge in [-0.25, -0.2) is 0 Å². The Morgan fingerprint density at radius 1 is 0.704 bits per heavy atom. The summed E-state index contributed by atoms with van der Waals surface area (Å²) >= 11 is 0. The second kappa shape index (κ2) is 7.58. The Kier molecular flexibility index (Phi) is 6.31. The minimum absolute atomic E-state index is 0.163. The van der Waals surface area contributed by atoms with Gasteiger partial charge in [0.2, 0.25) is 0 Å². The molecule has 0 saturated heterocycles. The fourth-order valence-corrected chi connectivity index (χ4v) is 4.22. The van der Waals surface area contributed by atoms with Crippen LogP contribution in [0.25, 0.3) is 0 Å². The summed E-state index contributed by atoms with van der Waals surface area (Å²) in [5.74, 6) is -3.76. The van der Waals surface area contributed by atoms with Crippen molar-refractivity contribution in [1.29, 1.82) is 0 Å². The summed E-state index contributed by atoms with van der Waals surface area (Å²) in [4.78, 5) is 34.0. The Labute approximate surface area is 149 Å². The molecular weight excluding hydrogens is 406 g/mol. The molecule has 0 amide bonds. The SMILES string of the molecule is CC(=O)O[Si](OC(C)=O)(OC(C)=O)c1cc(C(F)(F)F)cc(C(F)(F)F)c1. The molecule has 0 aliphatic carbocycles. The normalized spacial score (nSPS) is 12.3. The largest absolute Gasteiger partial charge is 0.742 e. The first kappa shape index (κ1) is 22.5. The van der Waals surface area contributed by atoms with Crippen LogP contribution in [-0.4, -0.2) is 26.7 Å². The first-order chi connectivity index (χ1) is 12.1. The standard InChI is InChI=1S/C14H12F6O6Si/c1-7(21)24-27(25-8(2)22,26-9(3)23)12-5-10(13(15,16)17)4-11(6-12)14(18,19)20/h4-6H,1-3H3. The summed E-state index contributed by atoms with van der Waals surface area (Å²) in [6, 6.07) is 0.143. The van der Waals surface area contributed by atoms with Gasteiger partial charge in [-0.2, -0.15) is 26.3 Å². The van der Waals surface area contributed by atoms with E-state index in [1.54, 1.807) is 0 Å². The van der Waals surface area contributed by atoms with Gasteiger partial charge < -0.3 is 13.3 Å². The molecule has 0 fully saturated rings. The number of rotatable bonds is 4. The van der Waals surface area contributed by atoms with Crippen molar-refractivity contribution >= 4 is 31.9 Å². The van der Waals surface area contributed by atoms with Crippen LogP contribution in [0.1, 0.15) is 31.9 Å². The zero-order chi connectivity index (χ0) is 21.2. The highest BCUT2D eigenvalue weighted by Gasteiger charge is 2.56. The van der Waals surface area contributed by atoms with E-state index < -0.39 is 55.4 Å². The third-order valence-electron chi connectivity index (χ3n) is 2.78. The predicted molar refractivity (Wildman–Crippen MR) is 77.1 cm³/mol. The van der Waals surface area contributed by atoms with Crippen LogP contribution in [0.3, 0.4) is 0 Å². The third-order valence-corrected chi connectivity index (χ3v) is 5.44. The lowest BCUT2D eigenvalue weighted by Gasteiger charge is -2.27. The van der Waals surface area contributed by atoms with E-state index >= 15 is 0 Å². The van der Waals surface area contributed by atoms with E-state index in [0.29, 0.717) is 0 Å². The summed E-state index contributed by atoms with van der Waals surface area (Å²) in [7, 11) is -5.13. The summed E-state index contributed by atoms with van der Waals surface area (Å²) in [5, 5.41) is -1.04. The molecule has 6 nitrogen and oxygen atoms in total. The minimum atomic E-state index is -5.22. The Morgan fingerprint density at radius 2 is 1.00 bits per heavy atom. The van der Waals surface area contributed by atoms with Crippen LogP contribution in [0.4, 0.5) is 26.3 Å². The van der Waals surface area contributed by atoms with Gasteiger partial charge in [0.05, 0.1) is 16.3 Å². The molecule has 0 radical (unpaired) electrons. The van der Waals surface area contributed by atoms with E-state index in [-0.39, 0.29) is 18.2 Å². The molecule has 0 aromatic heterocycles. The molecular formula is C14H12F6O6Si. The average molecular weight is 418 g/mol. The summed E-state index contributed by atoms with van der Waals surface area (Å²) in [5.41, 5.74) is -3.54. The smallest absolute Gasteiger partial charge is 0.452 e. The lowest BCUT2D eigenvalue weighted by molar-refractivity contribution is -0.147. The van der Waals surface area contributed by atoms with Gasteiger partial charge in [0.25, 0.3) is 17.9 Å². The average Bonchev–Trinajstić information content (AvgIpc) is 2.42. The van der Waals surface area contributed by atoms with Gasteiger partial charge >= 0.3 is 21.2 Å². The minimum Gasteiger partial charge on any atom is -0.452 e.